The lowest BCUT2D eigenvalue weighted by Crippen LogP contribution is -2.26. The summed E-state index contributed by atoms with van der Waals surface area (Å²) in [6.45, 7) is 2.31. The van der Waals surface area contributed by atoms with Gasteiger partial charge in [0, 0.05) is 10.9 Å². The maximum atomic E-state index is 15.5. The van der Waals surface area contributed by atoms with E-state index in [0.29, 0.717) is 5.92 Å². The van der Waals surface area contributed by atoms with Crippen LogP contribution in [0.1, 0.15) is 100 Å². The largest absolute Gasteiger partial charge is 0.247 e. The highest BCUT2D eigenvalue weighted by molar-refractivity contribution is 6.30. The molecule has 2 aromatic carbocycles. The van der Waals surface area contributed by atoms with Gasteiger partial charge in [-0.1, -0.05) is 106 Å². The zero-order chi connectivity index (χ0) is 23.0. The van der Waals surface area contributed by atoms with Crippen molar-refractivity contribution < 1.29 is 4.39 Å². The Kier molecular flexibility index (Phi) is 9.30. The van der Waals surface area contributed by atoms with E-state index in [1.807, 2.05) is 12.1 Å². The lowest BCUT2D eigenvalue weighted by atomic mass is 9.72. The summed E-state index contributed by atoms with van der Waals surface area (Å²) >= 11 is 6.03. The number of aryl methyl sites for hydroxylation is 2. The molecule has 0 nitrogen and oxygen atoms in total. The molecule has 2 aliphatic carbocycles. The Morgan fingerprint density at radius 2 is 1.39 bits per heavy atom. The van der Waals surface area contributed by atoms with Crippen molar-refractivity contribution in [1.82, 2.24) is 0 Å². The molecule has 0 spiro atoms. The fourth-order valence-electron chi connectivity index (χ4n) is 6.55. The Hall–Kier alpha value is -1.34. The Labute approximate surface area is 206 Å². The van der Waals surface area contributed by atoms with E-state index in [0.717, 1.165) is 42.5 Å². The Morgan fingerprint density at radius 1 is 0.758 bits per heavy atom. The van der Waals surface area contributed by atoms with Crippen molar-refractivity contribution in [2.24, 2.45) is 17.8 Å². The van der Waals surface area contributed by atoms with Crippen LogP contribution in [0.5, 0.6) is 0 Å². The molecule has 0 N–H and O–H groups in total. The predicted molar refractivity (Wildman–Crippen MR) is 140 cm³/mol. The Bertz CT molecular complexity index is 836. The Balaban J connectivity index is 1.27. The van der Waals surface area contributed by atoms with E-state index >= 15 is 4.39 Å². The van der Waals surface area contributed by atoms with Gasteiger partial charge < -0.3 is 0 Å². The molecule has 33 heavy (non-hydrogen) atoms. The molecule has 0 amide bonds. The number of benzene rings is 2. The second kappa shape index (κ2) is 12.4. The number of halogens is 2. The number of rotatable bonds is 9. The summed E-state index contributed by atoms with van der Waals surface area (Å²) in [5.74, 6) is 2.55. The molecule has 2 aliphatic rings. The molecule has 0 aromatic heterocycles. The van der Waals surface area contributed by atoms with Crippen molar-refractivity contribution in [2.45, 2.75) is 102 Å². The summed E-state index contributed by atoms with van der Waals surface area (Å²) in [7, 11) is 0. The number of alkyl halides is 1. The van der Waals surface area contributed by atoms with Crippen LogP contribution in [0.4, 0.5) is 4.39 Å². The van der Waals surface area contributed by atoms with Crippen LogP contribution < -0.4 is 0 Å². The monoisotopic (exact) mass is 468 g/mol. The maximum Gasteiger partial charge on any atom is 0.107 e. The van der Waals surface area contributed by atoms with E-state index in [-0.39, 0.29) is 5.92 Å². The summed E-state index contributed by atoms with van der Waals surface area (Å²) in [4.78, 5) is 0. The standard InChI is InChI=1S/C31H42ClF/c1-2-5-23-8-10-24(11-9-23)12-13-26-17-21-30(31(33)22-26)29-7-4-3-6-27(29)18-14-25-15-19-28(32)20-16-25/h3-4,6-7,15-16,19-20,23-24,26,30-31H,2,5,8-14,17-18,21-22H2,1H3. The van der Waals surface area contributed by atoms with E-state index in [1.165, 1.54) is 74.5 Å². The average Bonchev–Trinajstić information content (AvgIpc) is 2.84. The molecule has 180 valence electrons. The van der Waals surface area contributed by atoms with Crippen LogP contribution in [0.25, 0.3) is 0 Å². The van der Waals surface area contributed by atoms with Crippen molar-refractivity contribution in [3.63, 3.8) is 0 Å². The summed E-state index contributed by atoms with van der Waals surface area (Å²) in [5.41, 5.74) is 3.87. The van der Waals surface area contributed by atoms with Crippen molar-refractivity contribution in [1.29, 1.82) is 0 Å². The van der Waals surface area contributed by atoms with Gasteiger partial charge in [-0.15, -0.1) is 0 Å². The van der Waals surface area contributed by atoms with Crippen LogP contribution in [-0.4, -0.2) is 6.17 Å². The van der Waals surface area contributed by atoms with Crippen LogP contribution in [0.3, 0.4) is 0 Å². The van der Waals surface area contributed by atoms with E-state index in [4.69, 9.17) is 11.6 Å². The van der Waals surface area contributed by atoms with E-state index in [1.54, 1.807) is 0 Å². The second-order valence-corrected chi connectivity index (χ2v) is 11.3. The first-order valence-electron chi connectivity index (χ1n) is 13.6. The van der Waals surface area contributed by atoms with Crippen LogP contribution >= 0.6 is 11.6 Å². The first-order valence-corrected chi connectivity index (χ1v) is 14.0. The van der Waals surface area contributed by atoms with Gasteiger partial charge in [0.15, 0.2) is 0 Å². The fraction of sp³-hybridized carbons (Fsp3) is 0.613. The molecule has 2 fully saturated rings. The fourth-order valence-corrected chi connectivity index (χ4v) is 6.68. The maximum absolute atomic E-state index is 15.5. The van der Waals surface area contributed by atoms with Gasteiger partial charge in [-0.05, 0) is 78.7 Å². The summed E-state index contributed by atoms with van der Waals surface area (Å²) < 4.78 is 15.5. The minimum Gasteiger partial charge on any atom is -0.247 e. The number of hydrogen-bond acceptors (Lipinski definition) is 0. The molecule has 4 rings (SSSR count). The minimum absolute atomic E-state index is 0.0761. The molecule has 2 heteroatoms. The third-order valence-corrected chi connectivity index (χ3v) is 8.83. The second-order valence-electron chi connectivity index (χ2n) is 10.9. The molecule has 0 radical (unpaired) electrons. The van der Waals surface area contributed by atoms with Gasteiger partial charge >= 0.3 is 0 Å². The lowest BCUT2D eigenvalue weighted by Gasteiger charge is -2.34. The van der Waals surface area contributed by atoms with Crippen molar-refractivity contribution in [3.8, 4) is 0 Å². The molecular formula is C31H42ClF. The Morgan fingerprint density at radius 3 is 2.09 bits per heavy atom. The van der Waals surface area contributed by atoms with Gasteiger partial charge in [0.2, 0.25) is 0 Å². The van der Waals surface area contributed by atoms with Crippen LogP contribution in [0.2, 0.25) is 5.02 Å². The van der Waals surface area contributed by atoms with Crippen LogP contribution in [-0.2, 0) is 12.8 Å². The molecule has 2 saturated carbocycles. The molecule has 0 heterocycles. The van der Waals surface area contributed by atoms with Crippen molar-refractivity contribution in [2.75, 3.05) is 0 Å². The molecule has 3 atom stereocenters. The van der Waals surface area contributed by atoms with E-state index in [9.17, 15) is 0 Å². The first-order chi connectivity index (χ1) is 16.1. The third-order valence-electron chi connectivity index (χ3n) is 8.58. The molecule has 0 saturated heterocycles. The third kappa shape index (κ3) is 7.08. The quantitative estimate of drug-likeness (QED) is 0.343. The van der Waals surface area contributed by atoms with E-state index in [2.05, 4.69) is 43.3 Å². The first kappa shape index (κ1) is 24.8. The smallest absolute Gasteiger partial charge is 0.107 e. The highest BCUT2D eigenvalue weighted by atomic mass is 35.5. The molecule has 0 bridgehead atoms. The summed E-state index contributed by atoms with van der Waals surface area (Å²) in [6.07, 6.45) is 15.2. The number of hydrogen-bond donors (Lipinski definition) is 0. The minimum atomic E-state index is -0.694. The highest BCUT2D eigenvalue weighted by Crippen LogP contribution is 2.42. The van der Waals surface area contributed by atoms with Crippen molar-refractivity contribution in [3.05, 3.63) is 70.2 Å². The zero-order valence-corrected chi connectivity index (χ0v) is 21.2. The van der Waals surface area contributed by atoms with Crippen molar-refractivity contribution >= 4 is 11.6 Å². The van der Waals surface area contributed by atoms with Crippen LogP contribution in [0, 0.1) is 17.8 Å². The van der Waals surface area contributed by atoms with Gasteiger partial charge in [-0.2, -0.15) is 0 Å². The predicted octanol–water partition coefficient (Wildman–Crippen LogP) is 9.73. The topological polar surface area (TPSA) is 0 Å². The molecule has 3 unspecified atom stereocenters. The summed E-state index contributed by atoms with van der Waals surface area (Å²) in [6, 6.07) is 16.7. The van der Waals surface area contributed by atoms with Gasteiger partial charge in [0.1, 0.15) is 6.17 Å². The highest BCUT2D eigenvalue weighted by Gasteiger charge is 2.33. The molecule has 2 aromatic rings. The zero-order valence-electron chi connectivity index (χ0n) is 20.5. The van der Waals surface area contributed by atoms with Gasteiger partial charge in [-0.25, -0.2) is 4.39 Å². The molecule has 0 aliphatic heterocycles. The lowest BCUT2D eigenvalue weighted by molar-refractivity contribution is 0.152. The van der Waals surface area contributed by atoms with Gasteiger partial charge in [0.05, 0.1) is 0 Å². The normalized spacial score (nSPS) is 28.0. The van der Waals surface area contributed by atoms with E-state index < -0.39 is 6.17 Å². The summed E-state index contributed by atoms with van der Waals surface area (Å²) in [5, 5.41) is 0.778. The SMILES string of the molecule is CCCC1CCC(CCC2CCC(c3ccccc3CCc3ccc(Cl)cc3)C(F)C2)CC1. The van der Waals surface area contributed by atoms with Gasteiger partial charge in [-0.3, -0.25) is 0 Å². The molecular weight excluding hydrogens is 427 g/mol. The van der Waals surface area contributed by atoms with Gasteiger partial charge in [0.25, 0.3) is 0 Å². The van der Waals surface area contributed by atoms with Crippen LogP contribution in [0.15, 0.2) is 48.5 Å². The average molecular weight is 469 g/mol.